The van der Waals surface area contributed by atoms with Crippen molar-refractivity contribution >= 4 is 22.6 Å². The predicted octanol–water partition coefficient (Wildman–Crippen LogP) is 4.92. The molecule has 0 aliphatic carbocycles. The van der Waals surface area contributed by atoms with Crippen LogP contribution in [0.3, 0.4) is 0 Å². The maximum Gasteiger partial charge on any atom is 0.195 e. The molecule has 0 aliphatic heterocycles. The van der Waals surface area contributed by atoms with Crippen molar-refractivity contribution in [2.45, 2.75) is 20.0 Å². The minimum atomic E-state index is 0.116. The molecule has 0 bridgehead atoms. The van der Waals surface area contributed by atoms with Crippen molar-refractivity contribution in [3.05, 3.63) is 53.7 Å². The highest BCUT2D eigenvalue weighted by molar-refractivity contribution is 7.15. The molecule has 5 nitrogen and oxygen atoms in total. The van der Waals surface area contributed by atoms with Crippen molar-refractivity contribution in [1.82, 2.24) is 9.38 Å². The Balaban J connectivity index is 1.81. The molecule has 0 radical (unpaired) electrons. The van der Waals surface area contributed by atoms with E-state index in [9.17, 15) is 4.79 Å². The van der Waals surface area contributed by atoms with Crippen LogP contribution < -0.4 is 4.74 Å². The first-order valence-corrected chi connectivity index (χ1v) is 8.81. The van der Waals surface area contributed by atoms with Crippen LogP contribution in [0.2, 0.25) is 0 Å². The lowest BCUT2D eigenvalue weighted by Crippen LogP contribution is -2.05. The van der Waals surface area contributed by atoms with E-state index in [4.69, 9.17) is 9.15 Å². The van der Waals surface area contributed by atoms with Crippen molar-refractivity contribution in [2.24, 2.45) is 0 Å². The van der Waals surface area contributed by atoms with E-state index in [1.165, 1.54) is 11.3 Å². The summed E-state index contributed by atoms with van der Waals surface area (Å²) in [5.41, 5.74) is 2.87. The van der Waals surface area contributed by atoms with Gasteiger partial charge in [-0.25, -0.2) is 4.98 Å². The maximum atomic E-state index is 11.8. The van der Waals surface area contributed by atoms with Crippen molar-refractivity contribution in [3.8, 4) is 28.5 Å². The quantitative estimate of drug-likeness (QED) is 0.478. The summed E-state index contributed by atoms with van der Waals surface area (Å²) in [4.78, 5) is 17.2. The monoisotopic (exact) mass is 352 g/mol. The third-order valence-corrected chi connectivity index (χ3v) is 4.61. The molecular formula is C19H16N2O3S. The minimum Gasteiger partial charge on any atom is -0.491 e. The van der Waals surface area contributed by atoms with E-state index in [2.05, 4.69) is 4.98 Å². The first kappa shape index (κ1) is 15.7. The fraction of sp³-hybridized carbons (Fsp3) is 0.158. The maximum absolute atomic E-state index is 11.8. The zero-order valence-electron chi connectivity index (χ0n) is 13.8. The van der Waals surface area contributed by atoms with Crippen molar-refractivity contribution in [3.63, 3.8) is 0 Å². The third kappa shape index (κ3) is 2.74. The number of thiazole rings is 1. The third-order valence-electron chi connectivity index (χ3n) is 3.78. The lowest BCUT2D eigenvalue weighted by atomic mass is 10.1. The van der Waals surface area contributed by atoms with Crippen molar-refractivity contribution < 1.29 is 13.9 Å². The first-order chi connectivity index (χ1) is 12.2. The Morgan fingerprint density at radius 3 is 2.68 bits per heavy atom. The molecule has 0 fully saturated rings. The average molecular weight is 352 g/mol. The summed E-state index contributed by atoms with van der Waals surface area (Å²) >= 11 is 1.48. The van der Waals surface area contributed by atoms with E-state index in [1.54, 1.807) is 6.26 Å². The van der Waals surface area contributed by atoms with Gasteiger partial charge in [-0.3, -0.25) is 9.20 Å². The highest BCUT2D eigenvalue weighted by Gasteiger charge is 2.19. The van der Waals surface area contributed by atoms with Crippen molar-refractivity contribution in [2.75, 3.05) is 0 Å². The second-order valence-corrected chi connectivity index (χ2v) is 6.71. The van der Waals surface area contributed by atoms with Crippen LogP contribution in [-0.4, -0.2) is 21.8 Å². The van der Waals surface area contributed by atoms with Gasteiger partial charge in [-0.05, 0) is 50.2 Å². The molecule has 3 heterocycles. The van der Waals surface area contributed by atoms with Gasteiger partial charge in [0, 0.05) is 10.9 Å². The van der Waals surface area contributed by atoms with Gasteiger partial charge in [-0.15, -0.1) is 11.3 Å². The summed E-state index contributed by atoms with van der Waals surface area (Å²) in [5.74, 6) is 1.50. The van der Waals surface area contributed by atoms with Gasteiger partial charge in [0.25, 0.3) is 0 Å². The molecule has 0 N–H and O–H groups in total. The average Bonchev–Trinajstić information content (AvgIpc) is 3.30. The molecule has 3 aromatic heterocycles. The van der Waals surface area contributed by atoms with Gasteiger partial charge in [0.2, 0.25) is 0 Å². The van der Waals surface area contributed by atoms with E-state index in [-0.39, 0.29) is 6.10 Å². The number of nitrogens with zero attached hydrogens (tertiary/aromatic N) is 2. The predicted molar refractivity (Wildman–Crippen MR) is 97.4 cm³/mol. The molecule has 0 saturated carbocycles. The van der Waals surface area contributed by atoms with Crippen LogP contribution in [0.15, 0.2) is 52.5 Å². The highest BCUT2D eigenvalue weighted by Crippen LogP contribution is 2.33. The number of aldehydes is 1. The molecule has 0 aliphatic rings. The van der Waals surface area contributed by atoms with E-state index >= 15 is 0 Å². The molecule has 4 aromatic rings. The number of carbonyl (C=O) groups excluding carboxylic acids is 1. The summed E-state index contributed by atoms with van der Waals surface area (Å²) in [5, 5.41) is 1.94. The van der Waals surface area contributed by atoms with Crippen molar-refractivity contribution in [1.29, 1.82) is 0 Å². The summed E-state index contributed by atoms with van der Waals surface area (Å²) < 4.78 is 13.0. The molecule has 0 unspecified atom stereocenters. The lowest BCUT2D eigenvalue weighted by molar-refractivity contribution is 0.111. The minimum absolute atomic E-state index is 0.116. The standard InChI is InChI=1S/C19H16N2O3S/c1-12(2)24-14-7-5-13(6-8-14)18-15(10-22)21-16(11-25-19(21)20-18)17-4-3-9-23-17/h3-12H,1-2H3. The Morgan fingerprint density at radius 2 is 2.04 bits per heavy atom. The van der Waals surface area contributed by atoms with Gasteiger partial charge < -0.3 is 9.15 Å². The zero-order chi connectivity index (χ0) is 17.4. The number of furan rings is 1. The van der Waals surface area contributed by atoms with Gasteiger partial charge in [-0.1, -0.05) is 0 Å². The highest BCUT2D eigenvalue weighted by atomic mass is 32.1. The Bertz CT molecular complexity index is 1010. The molecule has 25 heavy (non-hydrogen) atoms. The van der Waals surface area contributed by atoms with Gasteiger partial charge >= 0.3 is 0 Å². The molecular weight excluding hydrogens is 336 g/mol. The van der Waals surface area contributed by atoms with Gasteiger partial charge in [0.15, 0.2) is 17.0 Å². The number of hydrogen-bond donors (Lipinski definition) is 0. The molecule has 4 rings (SSSR count). The van der Waals surface area contributed by atoms with E-state index < -0.39 is 0 Å². The summed E-state index contributed by atoms with van der Waals surface area (Å²) in [6, 6.07) is 11.3. The van der Waals surface area contributed by atoms with Crippen LogP contribution in [0, 0.1) is 0 Å². The molecule has 0 spiro atoms. The van der Waals surface area contributed by atoms with Gasteiger partial charge in [0.05, 0.1) is 12.4 Å². The smallest absolute Gasteiger partial charge is 0.195 e. The number of benzene rings is 1. The van der Waals surface area contributed by atoms with Crippen LogP contribution in [-0.2, 0) is 0 Å². The van der Waals surface area contributed by atoms with Crippen LogP contribution in [0.1, 0.15) is 24.3 Å². The molecule has 0 saturated heterocycles. The lowest BCUT2D eigenvalue weighted by Gasteiger charge is -2.09. The number of hydrogen-bond acceptors (Lipinski definition) is 5. The Morgan fingerprint density at radius 1 is 1.24 bits per heavy atom. The molecule has 0 amide bonds. The van der Waals surface area contributed by atoms with Crippen LogP contribution >= 0.6 is 11.3 Å². The second kappa shape index (κ2) is 6.22. The number of rotatable bonds is 5. The fourth-order valence-corrected chi connectivity index (χ4v) is 3.65. The number of ether oxygens (including phenoxy) is 1. The fourth-order valence-electron chi connectivity index (χ4n) is 2.76. The van der Waals surface area contributed by atoms with Crippen LogP contribution in [0.25, 0.3) is 27.7 Å². The first-order valence-electron chi connectivity index (χ1n) is 7.93. The van der Waals surface area contributed by atoms with Crippen LogP contribution in [0.5, 0.6) is 5.75 Å². The second-order valence-electron chi connectivity index (χ2n) is 5.87. The topological polar surface area (TPSA) is 56.7 Å². The molecule has 1 aromatic carbocycles. The number of fused-ring (bicyclic) bond motifs is 1. The van der Waals surface area contributed by atoms with Gasteiger partial charge in [-0.2, -0.15) is 0 Å². The summed E-state index contributed by atoms with van der Waals surface area (Å²) in [6.07, 6.45) is 2.57. The number of imidazole rings is 1. The Labute approximate surface area is 148 Å². The Hall–Kier alpha value is -2.86. The van der Waals surface area contributed by atoms with Gasteiger partial charge in [0.1, 0.15) is 22.8 Å². The van der Waals surface area contributed by atoms with E-state index in [0.29, 0.717) is 17.1 Å². The normalized spacial score (nSPS) is 11.3. The van der Waals surface area contributed by atoms with E-state index in [0.717, 1.165) is 28.3 Å². The van der Waals surface area contributed by atoms with E-state index in [1.807, 2.05) is 60.0 Å². The number of carbonyl (C=O) groups is 1. The largest absolute Gasteiger partial charge is 0.491 e. The van der Waals surface area contributed by atoms with Crippen LogP contribution in [0.4, 0.5) is 0 Å². The summed E-state index contributed by atoms with van der Waals surface area (Å²) in [7, 11) is 0. The molecule has 126 valence electrons. The molecule has 6 heteroatoms. The zero-order valence-corrected chi connectivity index (χ0v) is 14.6. The Kier molecular flexibility index (Phi) is 3.89. The SMILES string of the molecule is CC(C)Oc1ccc(-c2nc3scc(-c4ccco4)n3c2C=O)cc1. The number of aromatic nitrogens is 2. The summed E-state index contributed by atoms with van der Waals surface area (Å²) in [6.45, 7) is 3.97. The molecule has 0 atom stereocenters.